The molecule has 27 heavy (non-hydrogen) atoms. The average Bonchev–Trinajstić information content (AvgIpc) is 3.45. The third kappa shape index (κ3) is 3.87. The monoisotopic (exact) mass is 364 g/mol. The molecule has 4 rings (SSSR count). The predicted molar refractivity (Wildman–Crippen MR) is 99.3 cm³/mol. The number of anilines is 1. The Balaban J connectivity index is 1.46. The molecular weight excluding hydrogens is 346 g/mol. The Hall–Kier alpha value is -3.08. The molecule has 1 amide bonds. The number of rotatable bonds is 5. The first-order valence-corrected chi connectivity index (χ1v) is 8.84. The topological polar surface area (TPSA) is 42.0 Å². The second-order valence-electron chi connectivity index (χ2n) is 6.80. The van der Waals surface area contributed by atoms with E-state index >= 15 is 0 Å². The van der Waals surface area contributed by atoms with Crippen LogP contribution in [0.3, 0.4) is 0 Å². The number of nitrogens with one attached hydrogen (secondary N) is 1. The molecule has 1 N–H and O–H groups in total. The summed E-state index contributed by atoms with van der Waals surface area (Å²) < 4.78 is 27.0. The standard InChI is InChI=1S/C22H18F2N2O/c23-16-7-8-17(20(24)11-16)18-12-19(18)22(27)26-21-6-2-1-5-15(21)10-14-4-3-9-25-13-14/h1-9,11,13,18-19H,10,12H2,(H,26,27). The van der Waals surface area contributed by atoms with E-state index < -0.39 is 11.6 Å². The van der Waals surface area contributed by atoms with Crippen LogP contribution in [0, 0.1) is 17.6 Å². The number of halogens is 2. The summed E-state index contributed by atoms with van der Waals surface area (Å²) in [6.07, 6.45) is 4.75. The lowest BCUT2D eigenvalue weighted by atomic mass is 10.0. The number of amides is 1. The van der Waals surface area contributed by atoms with Crippen molar-refractivity contribution in [3.63, 3.8) is 0 Å². The lowest BCUT2D eigenvalue weighted by Crippen LogP contribution is -2.16. The molecule has 0 aliphatic heterocycles. The van der Waals surface area contributed by atoms with Gasteiger partial charge in [-0.15, -0.1) is 0 Å². The average molecular weight is 364 g/mol. The Labute approximate surface area is 156 Å². The zero-order chi connectivity index (χ0) is 18.8. The van der Waals surface area contributed by atoms with Crippen LogP contribution in [0.5, 0.6) is 0 Å². The lowest BCUT2D eigenvalue weighted by molar-refractivity contribution is -0.117. The number of hydrogen-bond donors (Lipinski definition) is 1. The van der Waals surface area contributed by atoms with Gasteiger partial charge in [0.2, 0.25) is 5.91 Å². The minimum absolute atomic E-state index is 0.137. The summed E-state index contributed by atoms with van der Waals surface area (Å²) >= 11 is 0. The Morgan fingerprint density at radius 2 is 1.96 bits per heavy atom. The maximum absolute atomic E-state index is 13.9. The van der Waals surface area contributed by atoms with E-state index in [0.717, 1.165) is 22.9 Å². The maximum atomic E-state index is 13.9. The quantitative estimate of drug-likeness (QED) is 0.713. The van der Waals surface area contributed by atoms with Crippen molar-refractivity contribution in [1.82, 2.24) is 4.98 Å². The van der Waals surface area contributed by atoms with Gasteiger partial charge in [-0.3, -0.25) is 9.78 Å². The van der Waals surface area contributed by atoms with Crippen molar-refractivity contribution in [3.8, 4) is 0 Å². The third-order valence-corrected chi connectivity index (χ3v) is 4.88. The van der Waals surface area contributed by atoms with Gasteiger partial charge in [0.25, 0.3) is 0 Å². The molecule has 1 aliphatic rings. The molecule has 0 bridgehead atoms. The minimum atomic E-state index is -0.609. The van der Waals surface area contributed by atoms with E-state index in [9.17, 15) is 13.6 Å². The molecule has 5 heteroatoms. The molecule has 3 nitrogen and oxygen atoms in total. The van der Waals surface area contributed by atoms with E-state index in [1.54, 1.807) is 12.4 Å². The number of benzene rings is 2. The highest BCUT2D eigenvalue weighted by Gasteiger charge is 2.45. The van der Waals surface area contributed by atoms with Crippen molar-refractivity contribution in [2.75, 3.05) is 5.32 Å². The Morgan fingerprint density at radius 1 is 1.11 bits per heavy atom. The lowest BCUT2D eigenvalue weighted by Gasteiger charge is -2.11. The van der Waals surface area contributed by atoms with Gasteiger partial charge in [0.1, 0.15) is 11.6 Å². The van der Waals surface area contributed by atoms with Gasteiger partial charge >= 0.3 is 0 Å². The van der Waals surface area contributed by atoms with E-state index in [-0.39, 0.29) is 17.7 Å². The molecule has 0 spiro atoms. The van der Waals surface area contributed by atoms with Crippen LogP contribution in [0.25, 0.3) is 0 Å². The van der Waals surface area contributed by atoms with E-state index in [0.29, 0.717) is 18.4 Å². The van der Waals surface area contributed by atoms with E-state index in [4.69, 9.17) is 0 Å². The van der Waals surface area contributed by atoms with Crippen molar-refractivity contribution < 1.29 is 13.6 Å². The van der Waals surface area contributed by atoms with Gasteiger partial charge in [-0.1, -0.05) is 30.3 Å². The molecule has 1 fully saturated rings. The fraction of sp³-hybridized carbons (Fsp3) is 0.182. The van der Waals surface area contributed by atoms with Gasteiger partial charge in [0.15, 0.2) is 0 Å². The SMILES string of the molecule is O=C(Nc1ccccc1Cc1cccnc1)C1CC1c1ccc(F)cc1F. The fourth-order valence-corrected chi connectivity index (χ4v) is 3.38. The largest absolute Gasteiger partial charge is 0.326 e. The fourth-order valence-electron chi connectivity index (χ4n) is 3.38. The van der Waals surface area contributed by atoms with Crippen LogP contribution in [-0.4, -0.2) is 10.9 Å². The van der Waals surface area contributed by atoms with Crippen LogP contribution in [0.15, 0.2) is 67.0 Å². The van der Waals surface area contributed by atoms with E-state index in [2.05, 4.69) is 10.3 Å². The first kappa shape index (κ1) is 17.3. The molecule has 1 saturated carbocycles. The highest BCUT2D eigenvalue weighted by atomic mass is 19.1. The van der Waals surface area contributed by atoms with Crippen molar-refractivity contribution in [1.29, 1.82) is 0 Å². The minimum Gasteiger partial charge on any atom is -0.326 e. The molecule has 3 aromatic rings. The highest BCUT2D eigenvalue weighted by Crippen LogP contribution is 2.49. The molecule has 0 radical (unpaired) electrons. The Kier molecular flexibility index (Phi) is 4.67. The van der Waals surface area contributed by atoms with Gasteiger partial charge < -0.3 is 5.32 Å². The van der Waals surface area contributed by atoms with Crippen molar-refractivity contribution in [2.24, 2.45) is 5.92 Å². The van der Waals surface area contributed by atoms with Gasteiger partial charge in [-0.05, 0) is 47.2 Å². The molecule has 136 valence electrons. The van der Waals surface area contributed by atoms with Crippen molar-refractivity contribution >= 4 is 11.6 Å². The van der Waals surface area contributed by atoms with Gasteiger partial charge in [-0.2, -0.15) is 0 Å². The summed E-state index contributed by atoms with van der Waals surface area (Å²) in [6, 6.07) is 15.0. The molecular formula is C22H18F2N2O. The number of carbonyl (C=O) groups is 1. The second kappa shape index (κ2) is 7.27. The molecule has 1 aromatic heterocycles. The molecule has 2 aromatic carbocycles. The van der Waals surface area contributed by atoms with Crippen LogP contribution >= 0.6 is 0 Å². The zero-order valence-corrected chi connectivity index (χ0v) is 14.5. The van der Waals surface area contributed by atoms with Crippen molar-refractivity contribution in [3.05, 3.63) is 95.3 Å². The summed E-state index contributed by atoms with van der Waals surface area (Å²) in [4.78, 5) is 16.7. The summed E-state index contributed by atoms with van der Waals surface area (Å²) in [7, 11) is 0. The number of pyridine rings is 1. The molecule has 1 heterocycles. The molecule has 0 saturated heterocycles. The summed E-state index contributed by atoms with van der Waals surface area (Å²) in [6.45, 7) is 0. The van der Waals surface area contributed by atoms with Crippen LogP contribution in [0.4, 0.5) is 14.5 Å². The molecule has 2 unspecified atom stereocenters. The number of hydrogen-bond acceptors (Lipinski definition) is 2. The summed E-state index contributed by atoms with van der Waals surface area (Å²) in [5.41, 5.74) is 3.19. The second-order valence-corrected chi connectivity index (χ2v) is 6.80. The van der Waals surface area contributed by atoms with Crippen molar-refractivity contribution in [2.45, 2.75) is 18.8 Å². The normalized spacial score (nSPS) is 18.1. The number of nitrogens with zero attached hydrogens (tertiary/aromatic N) is 1. The molecule has 2 atom stereocenters. The first-order valence-electron chi connectivity index (χ1n) is 8.84. The molecule has 1 aliphatic carbocycles. The summed E-state index contributed by atoms with van der Waals surface area (Å²) in [5, 5.41) is 2.97. The van der Waals surface area contributed by atoms with Gasteiger partial charge in [0, 0.05) is 36.5 Å². The van der Waals surface area contributed by atoms with E-state index in [1.165, 1.54) is 12.1 Å². The van der Waals surface area contributed by atoms with Crippen LogP contribution < -0.4 is 5.32 Å². The number of aromatic nitrogens is 1. The van der Waals surface area contributed by atoms with Crippen LogP contribution in [0.2, 0.25) is 0 Å². The Bertz CT molecular complexity index is 975. The smallest absolute Gasteiger partial charge is 0.228 e. The highest BCUT2D eigenvalue weighted by molar-refractivity contribution is 5.95. The van der Waals surface area contributed by atoms with Crippen LogP contribution in [-0.2, 0) is 11.2 Å². The van der Waals surface area contributed by atoms with Crippen LogP contribution in [0.1, 0.15) is 29.0 Å². The number of carbonyl (C=O) groups excluding carboxylic acids is 1. The number of para-hydroxylation sites is 1. The van der Waals surface area contributed by atoms with E-state index in [1.807, 2.05) is 36.4 Å². The third-order valence-electron chi connectivity index (χ3n) is 4.88. The van der Waals surface area contributed by atoms with Gasteiger partial charge in [-0.25, -0.2) is 8.78 Å². The maximum Gasteiger partial charge on any atom is 0.228 e. The zero-order valence-electron chi connectivity index (χ0n) is 14.5. The summed E-state index contributed by atoms with van der Waals surface area (Å²) in [5.74, 6) is -1.83. The first-order chi connectivity index (χ1) is 13.1. The van der Waals surface area contributed by atoms with Gasteiger partial charge in [0.05, 0.1) is 0 Å². The Morgan fingerprint density at radius 3 is 2.74 bits per heavy atom. The predicted octanol–water partition coefficient (Wildman–Crippen LogP) is 4.69.